The Labute approximate surface area is 288 Å². The molecule has 1 N–H and O–H groups in total. The van der Waals surface area contributed by atoms with E-state index in [1.54, 1.807) is 0 Å². The van der Waals surface area contributed by atoms with Crippen molar-refractivity contribution in [3.05, 3.63) is 0 Å². The normalized spacial score (nSPS) is 11.6. The molecule has 0 aromatic rings. The molecular weight excluding hydrogens is 542 g/mol. The van der Waals surface area contributed by atoms with Crippen molar-refractivity contribution < 1.29 is 0 Å². The molecule has 0 aliphatic rings. The average Bonchev–Trinajstić information content (AvgIpc) is 3.05. The van der Waals surface area contributed by atoms with Crippen LogP contribution in [0.15, 0.2) is 0 Å². The summed E-state index contributed by atoms with van der Waals surface area (Å²) in [5.41, 5.74) is 0. The van der Waals surface area contributed by atoms with E-state index in [0.717, 1.165) is 0 Å². The van der Waals surface area contributed by atoms with Gasteiger partial charge < -0.3 is 5.32 Å². The Morgan fingerprint density at radius 1 is 0.178 bits per heavy atom. The topological polar surface area (TPSA) is 12.0 Å². The van der Waals surface area contributed by atoms with Crippen molar-refractivity contribution in [2.75, 3.05) is 13.1 Å². The lowest BCUT2D eigenvalue weighted by molar-refractivity contribution is 0.512. The maximum Gasteiger partial charge on any atom is -0.00489 e. The van der Waals surface area contributed by atoms with E-state index >= 15 is 0 Å². The fourth-order valence-electron chi connectivity index (χ4n) is 7.14. The second kappa shape index (κ2) is 44.0. The van der Waals surface area contributed by atoms with Crippen LogP contribution in [-0.4, -0.2) is 13.1 Å². The first-order valence-corrected chi connectivity index (χ1v) is 22.1. The van der Waals surface area contributed by atoms with Gasteiger partial charge in [0.2, 0.25) is 0 Å². The lowest BCUT2D eigenvalue weighted by atomic mass is 10.0. The van der Waals surface area contributed by atoms with Crippen LogP contribution < -0.4 is 5.32 Å². The number of hydrogen-bond acceptors (Lipinski definition) is 1. The van der Waals surface area contributed by atoms with Crippen LogP contribution in [0.5, 0.6) is 0 Å². The standard InChI is InChI=1S/C44H91N/c1-3-5-7-9-11-13-15-17-19-21-23-25-27-29-31-33-35-37-39-41-43-45-44-42-40-38-36-34-32-30-28-26-24-22-20-18-16-14-12-10-8-6-4-2/h45H,3-44H2,1-2H3. The van der Waals surface area contributed by atoms with Crippen molar-refractivity contribution in [1.29, 1.82) is 0 Å². The van der Waals surface area contributed by atoms with Gasteiger partial charge in [0, 0.05) is 0 Å². The van der Waals surface area contributed by atoms with Crippen LogP contribution in [0.4, 0.5) is 0 Å². The molecule has 0 radical (unpaired) electrons. The summed E-state index contributed by atoms with van der Waals surface area (Å²) in [6.45, 7) is 7.11. The van der Waals surface area contributed by atoms with E-state index in [2.05, 4.69) is 19.2 Å². The SMILES string of the molecule is CCCCCCCCCCCCCCCCCCCCCCNCCCCCCCCCCCCCCCCCCCCCC. The van der Waals surface area contributed by atoms with Crippen LogP contribution in [0.2, 0.25) is 0 Å². The molecule has 0 aliphatic carbocycles. The van der Waals surface area contributed by atoms with Crippen LogP contribution >= 0.6 is 0 Å². The molecule has 272 valence electrons. The van der Waals surface area contributed by atoms with E-state index in [4.69, 9.17) is 0 Å². The summed E-state index contributed by atoms with van der Waals surface area (Å²) in [6.07, 6.45) is 58.7. The van der Waals surface area contributed by atoms with Crippen molar-refractivity contribution in [3.63, 3.8) is 0 Å². The lowest BCUT2D eigenvalue weighted by Crippen LogP contribution is -2.16. The summed E-state index contributed by atoms with van der Waals surface area (Å²) in [4.78, 5) is 0. The smallest absolute Gasteiger partial charge is 0.00489 e. The van der Waals surface area contributed by atoms with Crippen LogP contribution in [-0.2, 0) is 0 Å². The molecule has 0 fully saturated rings. The summed E-state index contributed by atoms with van der Waals surface area (Å²) >= 11 is 0. The number of rotatable bonds is 42. The first-order valence-electron chi connectivity index (χ1n) is 22.1. The van der Waals surface area contributed by atoms with Crippen molar-refractivity contribution >= 4 is 0 Å². The molecule has 0 amide bonds. The fraction of sp³-hybridized carbons (Fsp3) is 1.00. The first-order chi connectivity index (χ1) is 22.4. The molecule has 0 aromatic carbocycles. The molecule has 0 heterocycles. The first kappa shape index (κ1) is 45.0. The Kier molecular flexibility index (Phi) is 43.9. The van der Waals surface area contributed by atoms with Gasteiger partial charge in [-0.1, -0.05) is 258 Å². The van der Waals surface area contributed by atoms with E-state index in [1.165, 1.54) is 270 Å². The molecular formula is C44H91N. The zero-order valence-corrected chi connectivity index (χ0v) is 32.2. The average molecular weight is 634 g/mol. The summed E-state index contributed by atoms with van der Waals surface area (Å²) in [7, 11) is 0. The number of nitrogens with one attached hydrogen (secondary N) is 1. The number of unbranched alkanes of at least 4 members (excludes halogenated alkanes) is 38. The maximum absolute atomic E-state index is 3.70. The Morgan fingerprint density at radius 3 is 0.467 bits per heavy atom. The summed E-state index contributed by atoms with van der Waals surface area (Å²) in [5, 5.41) is 3.70. The van der Waals surface area contributed by atoms with E-state index in [-0.39, 0.29) is 0 Å². The molecule has 0 bridgehead atoms. The highest BCUT2D eigenvalue weighted by Crippen LogP contribution is 2.16. The minimum atomic E-state index is 1.25. The molecule has 0 rings (SSSR count). The van der Waals surface area contributed by atoms with Crippen molar-refractivity contribution in [3.8, 4) is 0 Å². The molecule has 0 unspecified atom stereocenters. The van der Waals surface area contributed by atoms with Gasteiger partial charge in [-0.05, 0) is 25.9 Å². The monoisotopic (exact) mass is 634 g/mol. The van der Waals surface area contributed by atoms with Crippen molar-refractivity contribution in [2.45, 2.75) is 271 Å². The van der Waals surface area contributed by atoms with Crippen LogP contribution in [0.3, 0.4) is 0 Å². The molecule has 45 heavy (non-hydrogen) atoms. The van der Waals surface area contributed by atoms with Gasteiger partial charge >= 0.3 is 0 Å². The summed E-state index contributed by atoms with van der Waals surface area (Å²) in [6, 6.07) is 0. The maximum atomic E-state index is 3.70. The highest BCUT2D eigenvalue weighted by molar-refractivity contribution is 4.54. The van der Waals surface area contributed by atoms with Crippen molar-refractivity contribution in [2.24, 2.45) is 0 Å². The Hall–Kier alpha value is -0.0400. The second-order valence-corrected chi connectivity index (χ2v) is 15.2. The number of hydrogen-bond donors (Lipinski definition) is 1. The fourth-order valence-corrected chi connectivity index (χ4v) is 7.14. The minimum absolute atomic E-state index is 1.25. The van der Waals surface area contributed by atoms with Gasteiger partial charge in [0.1, 0.15) is 0 Å². The molecule has 1 nitrogen and oxygen atoms in total. The van der Waals surface area contributed by atoms with Gasteiger partial charge in [0.05, 0.1) is 0 Å². The molecule has 0 aliphatic heterocycles. The quantitative estimate of drug-likeness (QED) is 0.0659. The van der Waals surface area contributed by atoms with Crippen LogP contribution in [0.25, 0.3) is 0 Å². The minimum Gasteiger partial charge on any atom is -0.317 e. The predicted octanol–water partition coefficient (Wildman–Crippen LogP) is 16.2. The van der Waals surface area contributed by atoms with Gasteiger partial charge in [-0.15, -0.1) is 0 Å². The van der Waals surface area contributed by atoms with Gasteiger partial charge in [-0.2, -0.15) is 0 Å². The summed E-state index contributed by atoms with van der Waals surface area (Å²) < 4.78 is 0. The zero-order chi connectivity index (χ0) is 32.4. The van der Waals surface area contributed by atoms with Crippen molar-refractivity contribution in [1.82, 2.24) is 5.32 Å². The van der Waals surface area contributed by atoms with E-state index < -0.39 is 0 Å². The van der Waals surface area contributed by atoms with Gasteiger partial charge in [-0.25, -0.2) is 0 Å². The highest BCUT2D eigenvalue weighted by Gasteiger charge is 1.98. The largest absolute Gasteiger partial charge is 0.317 e. The van der Waals surface area contributed by atoms with Gasteiger partial charge in [0.15, 0.2) is 0 Å². The van der Waals surface area contributed by atoms with E-state index in [0.29, 0.717) is 0 Å². The molecule has 0 saturated carbocycles. The molecule has 1 heteroatoms. The lowest BCUT2D eigenvalue weighted by Gasteiger charge is -2.06. The van der Waals surface area contributed by atoms with Crippen LogP contribution in [0.1, 0.15) is 271 Å². The highest BCUT2D eigenvalue weighted by atomic mass is 14.8. The predicted molar refractivity (Wildman–Crippen MR) is 209 cm³/mol. The Morgan fingerprint density at radius 2 is 0.311 bits per heavy atom. The second-order valence-electron chi connectivity index (χ2n) is 15.2. The molecule has 0 spiro atoms. The Bertz CT molecular complexity index is 432. The van der Waals surface area contributed by atoms with E-state index in [9.17, 15) is 0 Å². The third-order valence-electron chi connectivity index (χ3n) is 10.4. The van der Waals surface area contributed by atoms with Crippen LogP contribution in [0, 0.1) is 0 Å². The third kappa shape index (κ3) is 44.0. The summed E-state index contributed by atoms with van der Waals surface area (Å²) in [5.74, 6) is 0. The third-order valence-corrected chi connectivity index (χ3v) is 10.4. The molecule has 0 aromatic heterocycles. The van der Waals surface area contributed by atoms with E-state index in [1.807, 2.05) is 0 Å². The molecule has 0 saturated heterocycles. The van der Waals surface area contributed by atoms with Gasteiger partial charge in [0.25, 0.3) is 0 Å². The molecule has 0 atom stereocenters. The Balaban J connectivity index is 3.03. The van der Waals surface area contributed by atoms with Gasteiger partial charge in [-0.3, -0.25) is 0 Å². The zero-order valence-electron chi connectivity index (χ0n) is 32.2.